The second-order valence-electron chi connectivity index (χ2n) is 5.11. The minimum atomic E-state index is 0.307. The van der Waals surface area contributed by atoms with E-state index in [0.717, 1.165) is 38.0 Å². The van der Waals surface area contributed by atoms with Crippen molar-refractivity contribution < 1.29 is 4.79 Å². The number of Topliss-reactive ketones (excluding diaryl/α,β-unsaturated/α-hetero) is 1. The second kappa shape index (κ2) is 5.95. The van der Waals surface area contributed by atoms with E-state index in [-0.39, 0.29) is 0 Å². The molecule has 1 aliphatic carbocycles. The molecule has 1 aromatic heterocycles. The van der Waals surface area contributed by atoms with Crippen LogP contribution in [0.3, 0.4) is 0 Å². The summed E-state index contributed by atoms with van der Waals surface area (Å²) in [7, 11) is 0. The van der Waals surface area contributed by atoms with Gasteiger partial charge >= 0.3 is 0 Å². The third-order valence-corrected chi connectivity index (χ3v) is 3.98. The number of aryl methyl sites for hydroxylation is 1. The predicted molar refractivity (Wildman–Crippen MR) is 68.7 cm³/mol. The molecule has 1 heterocycles. The van der Waals surface area contributed by atoms with E-state index in [2.05, 4.69) is 11.9 Å². The van der Waals surface area contributed by atoms with Crippen LogP contribution in [-0.4, -0.2) is 10.8 Å². The van der Waals surface area contributed by atoms with Crippen LogP contribution in [-0.2, 0) is 11.2 Å². The number of hydrogen-bond donors (Lipinski definition) is 0. The zero-order valence-corrected chi connectivity index (χ0v) is 10.6. The van der Waals surface area contributed by atoms with Gasteiger partial charge in [0.15, 0.2) is 0 Å². The SMILES string of the molecule is CCC1CCC(=O)C(CCc2ccncc2)C1. The quantitative estimate of drug-likeness (QED) is 0.794. The molecule has 1 aliphatic rings. The Morgan fingerprint density at radius 1 is 1.35 bits per heavy atom. The average Bonchev–Trinajstić information content (AvgIpc) is 2.39. The van der Waals surface area contributed by atoms with E-state index in [9.17, 15) is 4.79 Å². The predicted octanol–water partition coefficient (Wildman–Crippen LogP) is 3.41. The van der Waals surface area contributed by atoms with E-state index in [0.29, 0.717) is 11.7 Å². The summed E-state index contributed by atoms with van der Waals surface area (Å²) in [5, 5.41) is 0. The first-order valence-corrected chi connectivity index (χ1v) is 6.71. The summed E-state index contributed by atoms with van der Waals surface area (Å²) in [4.78, 5) is 15.9. The van der Waals surface area contributed by atoms with Crippen LogP contribution in [0.4, 0.5) is 0 Å². The molecule has 92 valence electrons. The van der Waals surface area contributed by atoms with E-state index in [1.165, 1.54) is 12.0 Å². The van der Waals surface area contributed by atoms with Crippen LogP contribution in [0.25, 0.3) is 0 Å². The van der Waals surface area contributed by atoms with Gasteiger partial charge in [0.2, 0.25) is 0 Å². The third-order valence-electron chi connectivity index (χ3n) is 3.98. The number of pyridine rings is 1. The smallest absolute Gasteiger partial charge is 0.136 e. The van der Waals surface area contributed by atoms with Gasteiger partial charge in [-0.2, -0.15) is 0 Å². The van der Waals surface area contributed by atoms with Crippen LogP contribution in [0.1, 0.15) is 44.6 Å². The minimum absolute atomic E-state index is 0.307. The topological polar surface area (TPSA) is 30.0 Å². The fourth-order valence-corrected chi connectivity index (χ4v) is 2.74. The fraction of sp³-hybridized carbons (Fsp3) is 0.600. The number of rotatable bonds is 4. The van der Waals surface area contributed by atoms with Crippen LogP contribution in [0, 0.1) is 11.8 Å². The summed E-state index contributed by atoms with van der Waals surface area (Å²) >= 11 is 0. The lowest BCUT2D eigenvalue weighted by molar-refractivity contribution is -0.125. The van der Waals surface area contributed by atoms with E-state index in [1.807, 2.05) is 24.5 Å². The Morgan fingerprint density at radius 2 is 2.12 bits per heavy atom. The average molecular weight is 231 g/mol. The zero-order valence-electron chi connectivity index (χ0n) is 10.6. The highest BCUT2D eigenvalue weighted by atomic mass is 16.1. The van der Waals surface area contributed by atoms with Crippen LogP contribution >= 0.6 is 0 Å². The second-order valence-corrected chi connectivity index (χ2v) is 5.11. The molecule has 0 bridgehead atoms. The van der Waals surface area contributed by atoms with Gasteiger partial charge < -0.3 is 0 Å². The van der Waals surface area contributed by atoms with Gasteiger partial charge in [-0.1, -0.05) is 13.3 Å². The summed E-state index contributed by atoms with van der Waals surface area (Å²) in [6.45, 7) is 2.24. The first-order valence-electron chi connectivity index (χ1n) is 6.71. The number of hydrogen-bond acceptors (Lipinski definition) is 2. The van der Waals surface area contributed by atoms with Gasteiger partial charge in [-0.05, 0) is 49.3 Å². The maximum absolute atomic E-state index is 11.9. The van der Waals surface area contributed by atoms with Gasteiger partial charge in [0.1, 0.15) is 5.78 Å². The molecular weight excluding hydrogens is 210 g/mol. The lowest BCUT2D eigenvalue weighted by atomic mass is 9.77. The Morgan fingerprint density at radius 3 is 2.82 bits per heavy atom. The van der Waals surface area contributed by atoms with Gasteiger partial charge in [-0.25, -0.2) is 0 Å². The Labute approximate surface area is 103 Å². The summed E-state index contributed by atoms with van der Waals surface area (Å²) in [6.07, 6.45) is 9.93. The van der Waals surface area contributed by atoms with Crippen molar-refractivity contribution in [3.05, 3.63) is 30.1 Å². The standard InChI is InChI=1S/C15H21NO/c1-2-12-4-6-15(17)14(11-12)5-3-13-7-9-16-10-8-13/h7-10,12,14H,2-6,11H2,1H3. The molecule has 2 atom stereocenters. The van der Waals surface area contributed by atoms with Crippen LogP contribution in [0.15, 0.2) is 24.5 Å². The molecule has 1 aromatic rings. The van der Waals surface area contributed by atoms with E-state index in [4.69, 9.17) is 0 Å². The van der Waals surface area contributed by atoms with E-state index < -0.39 is 0 Å². The molecule has 0 N–H and O–H groups in total. The van der Waals surface area contributed by atoms with Gasteiger partial charge in [0.25, 0.3) is 0 Å². The van der Waals surface area contributed by atoms with Crippen molar-refractivity contribution in [2.45, 2.75) is 45.4 Å². The number of carbonyl (C=O) groups is 1. The van der Waals surface area contributed by atoms with Gasteiger partial charge in [0.05, 0.1) is 0 Å². The highest BCUT2D eigenvalue weighted by Crippen LogP contribution is 2.31. The minimum Gasteiger partial charge on any atom is -0.299 e. The monoisotopic (exact) mass is 231 g/mol. The van der Waals surface area contributed by atoms with Gasteiger partial charge in [-0.3, -0.25) is 9.78 Å². The zero-order chi connectivity index (χ0) is 12.1. The lowest BCUT2D eigenvalue weighted by Crippen LogP contribution is -2.25. The number of nitrogens with zero attached hydrogens (tertiary/aromatic N) is 1. The van der Waals surface area contributed by atoms with Crippen molar-refractivity contribution in [1.82, 2.24) is 4.98 Å². The highest BCUT2D eigenvalue weighted by molar-refractivity contribution is 5.81. The molecule has 0 saturated heterocycles. The molecule has 2 heteroatoms. The van der Waals surface area contributed by atoms with Gasteiger partial charge in [0, 0.05) is 24.7 Å². The van der Waals surface area contributed by atoms with E-state index >= 15 is 0 Å². The van der Waals surface area contributed by atoms with Crippen LogP contribution in [0.2, 0.25) is 0 Å². The Balaban J connectivity index is 1.87. The molecule has 2 rings (SSSR count). The number of aromatic nitrogens is 1. The molecule has 0 amide bonds. The van der Waals surface area contributed by atoms with Crippen molar-refractivity contribution >= 4 is 5.78 Å². The molecule has 0 aromatic carbocycles. The van der Waals surface area contributed by atoms with E-state index in [1.54, 1.807) is 0 Å². The molecule has 0 aliphatic heterocycles. The number of carbonyl (C=O) groups excluding carboxylic acids is 1. The van der Waals surface area contributed by atoms with Crippen molar-refractivity contribution in [2.24, 2.45) is 11.8 Å². The highest BCUT2D eigenvalue weighted by Gasteiger charge is 2.27. The summed E-state index contributed by atoms with van der Waals surface area (Å²) in [5.74, 6) is 1.57. The van der Waals surface area contributed by atoms with Gasteiger partial charge in [-0.15, -0.1) is 0 Å². The first-order chi connectivity index (χ1) is 8.29. The Bertz CT molecular complexity index is 360. The first kappa shape index (κ1) is 12.3. The molecule has 1 saturated carbocycles. The molecule has 2 nitrogen and oxygen atoms in total. The van der Waals surface area contributed by atoms with Crippen molar-refractivity contribution in [3.63, 3.8) is 0 Å². The van der Waals surface area contributed by atoms with Crippen molar-refractivity contribution in [3.8, 4) is 0 Å². The third kappa shape index (κ3) is 3.39. The van der Waals surface area contributed by atoms with Crippen LogP contribution in [0.5, 0.6) is 0 Å². The van der Waals surface area contributed by atoms with Crippen molar-refractivity contribution in [2.75, 3.05) is 0 Å². The molecule has 1 fully saturated rings. The maximum Gasteiger partial charge on any atom is 0.136 e. The molecular formula is C15H21NO. The fourth-order valence-electron chi connectivity index (χ4n) is 2.74. The maximum atomic E-state index is 11.9. The summed E-state index contributed by atoms with van der Waals surface area (Å²) in [5.41, 5.74) is 1.30. The summed E-state index contributed by atoms with van der Waals surface area (Å²) in [6, 6.07) is 4.09. The molecule has 17 heavy (non-hydrogen) atoms. The normalized spacial score (nSPS) is 24.9. The number of ketones is 1. The summed E-state index contributed by atoms with van der Waals surface area (Å²) < 4.78 is 0. The van der Waals surface area contributed by atoms with Crippen molar-refractivity contribution in [1.29, 1.82) is 0 Å². The lowest BCUT2D eigenvalue weighted by Gasteiger charge is -2.27. The Hall–Kier alpha value is -1.18. The molecule has 2 unspecified atom stereocenters. The Kier molecular flexibility index (Phi) is 4.29. The molecule has 0 spiro atoms. The largest absolute Gasteiger partial charge is 0.299 e. The van der Waals surface area contributed by atoms with Crippen LogP contribution < -0.4 is 0 Å². The molecule has 0 radical (unpaired) electrons.